The summed E-state index contributed by atoms with van der Waals surface area (Å²) in [5.41, 5.74) is 3.07. The summed E-state index contributed by atoms with van der Waals surface area (Å²) in [6, 6.07) is 17.9. The summed E-state index contributed by atoms with van der Waals surface area (Å²) in [6.07, 6.45) is 2.90. The van der Waals surface area contributed by atoms with E-state index in [1.807, 2.05) is 60.7 Å². The lowest BCUT2D eigenvalue weighted by Crippen LogP contribution is -2.31. The van der Waals surface area contributed by atoms with Crippen LogP contribution in [0.1, 0.15) is 23.7 Å². The van der Waals surface area contributed by atoms with E-state index in [4.69, 9.17) is 8.92 Å². The van der Waals surface area contributed by atoms with Gasteiger partial charge in [-0.05, 0) is 28.8 Å². The lowest BCUT2D eigenvalue weighted by Gasteiger charge is -2.31. The molecule has 0 bridgehead atoms. The van der Waals surface area contributed by atoms with Crippen LogP contribution in [0.25, 0.3) is 6.08 Å². The smallest absolute Gasteiger partial charge is 0.264 e. The van der Waals surface area contributed by atoms with Crippen LogP contribution in [0, 0.1) is 0 Å². The third-order valence-electron chi connectivity index (χ3n) is 3.88. The van der Waals surface area contributed by atoms with Crippen LogP contribution in [0.3, 0.4) is 0 Å². The molecule has 0 spiro atoms. The van der Waals surface area contributed by atoms with Crippen molar-refractivity contribution in [2.45, 2.75) is 18.6 Å². The molecular weight excluding hydrogens is 404 g/mol. The third-order valence-corrected chi connectivity index (χ3v) is 5.03. The first kappa shape index (κ1) is 18.3. The average Bonchev–Trinajstić information content (AvgIpc) is 2.57. The molecular formula is C19H19BrO4S. The molecule has 1 aliphatic rings. The van der Waals surface area contributed by atoms with E-state index < -0.39 is 16.2 Å². The maximum atomic E-state index is 11.5. The summed E-state index contributed by atoms with van der Waals surface area (Å²) in [5, 5.41) is 0. The van der Waals surface area contributed by atoms with Gasteiger partial charge in [-0.15, -0.1) is 0 Å². The van der Waals surface area contributed by atoms with Gasteiger partial charge < -0.3 is 4.74 Å². The number of halogens is 1. The summed E-state index contributed by atoms with van der Waals surface area (Å²) < 4.78 is 35.0. The van der Waals surface area contributed by atoms with Gasteiger partial charge in [0.05, 0.1) is 12.9 Å². The first-order valence-electron chi connectivity index (χ1n) is 7.91. The maximum absolute atomic E-state index is 11.5. The van der Waals surface area contributed by atoms with E-state index in [9.17, 15) is 8.42 Å². The maximum Gasteiger partial charge on any atom is 0.264 e. The van der Waals surface area contributed by atoms with Crippen molar-refractivity contribution in [3.63, 3.8) is 0 Å². The molecule has 1 fully saturated rings. The van der Waals surface area contributed by atoms with E-state index in [0.717, 1.165) is 27.4 Å². The molecule has 0 amide bonds. The van der Waals surface area contributed by atoms with Crippen LogP contribution in [0.15, 0.2) is 64.6 Å². The van der Waals surface area contributed by atoms with Gasteiger partial charge in [-0.2, -0.15) is 8.42 Å². The van der Waals surface area contributed by atoms with Gasteiger partial charge in [-0.25, -0.2) is 0 Å². The molecule has 1 saturated heterocycles. The third kappa shape index (κ3) is 5.25. The normalized spacial score (nSPS) is 22.9. The monoisotopic (exact) mass is 422 g/mol. The van der Waals surface area contributed by atoms with Gasteiger partial charge in [0.1, 0.15) is 12.2 Å². The molecule has 0 saturated carbocycles. The molecule has 2 aromatic carbocycles. The minimum atomic E-state index is -3.52. The average molecular weight is 423 g/mol. The highest BCUT2D eigenvalue weighted by atomic mass is 79.9. The quantitative estimate of drug-likeness (QED) is 0.687. The highest BCUT2D eigenvalue weighted by Crippen LogP contribution is 2.35. The van der Waals surface area contributed by atoms with Crippen molar-refractivity contribution in [3.05, 3.63) is 75.8 Å². The molecule has 2 atom stereocenters. The number of hydrogen-bond acceptors (Lipinski definition) is 4. The summed E-state index contributed by atoms with van der Waals surface area (Å²) in [4.78, 5) is 0. The summed E-state index contributed by atoms with van der Waals surface area (Å²) in [5.74, 6) is 0. The van der Waals surface area contributed by atoms with E-state index in [1.165, 1.54) is 0 Å². The Kier molecular flexibility index (Phi) is 5.74. The Balaban J connectivity index is 1.91. The predicted octanol–water partition coefficient (Wildman–Crippen LogP) is 4.34. The molecule has 3 rings (SSSR count). The molecule has 132 valence electrons. The van der Waals surface area contributed by atoms with Crippen molar-refractivity contribution in [3.8, 4) is 0 Å². The zero-order valence-electron chi connectivity index (χ0n) is 13.8. The van der Waals surface area contributed by atoms with Crippen molar-refractivity contribution in [2.75, 3.05) is 12.9 Å². The van der Waals surface area contributed by atoms with E-state index in [0.29, 0.717) is 6.42 Å². The largest absolute Gasteiger partial charge is 0.366 e. The van der Waals surface area contributed by atoms with E-state index >= 15 is 0 Å². The summed E-state index contributed by atoms with van der Waals surface area (Å²) in [7, 11) is -3.52. The molecule has 0 radical (unpaired) electrons. The van der Waals surface area contributed by atoms with Crippen LogP contribution in [0.2, 0.25) is 0 Å². The number of ether oxygens (including phenoxy) is 1. The highest BCUT2D eigenvalue weighted by molar-refractivity contribution is 9.10. The van der Waals surface area contributed by atoms with Gasteiger partial charge in [-0.1, -0.05) is 64.5 Å². The number of hydrogen-bond donors (Lipinski definition) is 0. The van der Waals surface area contributed by atoms with Gasteiger partial charge in [-0.3, -0.25) is 4.18 Å². The van der Waals surface area contributed by atoms with Crippen LogP contribution < -0.4 is 0 Å². The molecule has 6 heteroatoms. The first-order chi connectivity index (χ1) is 11.9. The second-order valence-electron chi connectivity index (χ2n) is 6.02. The standard InChI is InChI=1S/C19H19BrO4S/c1-25(21,22)24-18-12-16(11-14-7-9-17(20)10-8-14)19(23-13-18)15-5-3-2-4-6-15/h2-11,18-19H,12-13H2,1H3/b16-11-/t18-,19+/m0/s1. The molecule has 0 aromatic heterocycles. The Labute approximate surface area is 156 Å². The van der Waals surface area contributed by atoms with Crippen LogP contribution in [0.4, 0.5) is 0 Å². The van der Waals surface area contributed by atoms with Crippen molar-refractivity contribution < 1.29 is 17.3 Å². The molecule has 2 aromatic rings. The zero-order chi connectivity index (χ0) is 17.9. The van der Waals surface area contributed by atoms with Crippen molar-refractivity contribution >= 4 is 32.1 Å². The van der Waals surface area contributed by atoms with E-state index in [2.05, 4.69) is 15.9 Å². The minimum absolute atomic E-state index is 0.204. The first-order valence-corrected chi connectivity index (χ1v) is 10.5. The van der Waals surface area contributed by atoms with Crippen molar-refractivity contribution in [1.82, 2.24) is 0 Å². The molecule has 1 heterocycles. The van der Waals surface area contributed by atoms with Crippen LogP contribution in [-0.2, 0) is 19.0 Å². The minimum Gasteiger partial charge on any atom is -0.366 e. The number of benzene rings is 2. The van der Waals surface area contributed by atoms with Gasteiger partial charge >= 0.3 is 0 Å². The molecule has 0 unspecified atom stereocenters. The Hall–Kier alpha value is -1.47. The molecule has 4 nitrogen and oxygen atoms in total. The van der Waals surface area contributed by atoms with Gasteiger partial charge in [0.25, 0.3) is 10.1 Å². The lowest BCUT2D eigenvalue weighted by atomic mass is 9.92. The summed E-state index contributed by atoms with van der Waals surface area (Å²) in [6.45, 7) is 0.240. The Morgan fingerprint density at radius 3 is 2.44 bits per heavy atom. The van der Waals surface area contributed by atoms with E-state index in [1.54, 1.807) is 0 Å². The molecule has 25 heavy (non-hydrogen) atoms. The Bertz CT molecular complexity index is 845. The second-order valence-corrected chi connectivity index (χ2v) is 8.54. The van der Waals surface area contributed by atoms with Crippen molar-refractivity contribution in [1.29, 1.82) is 0 Å². The fraction of sp³-hybridized carbons (Fsp3) is 0.263. The molecule has 0 N–H and O–H groups in total. The highest BCUT2D eigenvalue weighted by Gasteiger charge is 2.30. The molecule has 1 aliphatic heterocycles. The Morgan fingerprint density at radius 2 is 1.80 bits per heavy atom. The van der Waals surface area contributed by atoms with Crippen LogP contribution in [0.5, 0.6) is 0 Å². The Morgan fingerprint density at radius 1 is 1.12 bits per heavy atom. The van der Waals surface area contributed by atoms with Crippen LogP contribution >= 0.6 is 15.9 Å². The SMILES string of the molecule is CS(=O)(=O)O[C@@H]1CO[C@H](c2ccccc2)/C(=C\c2ccc(Br)cc2)C1. The lowest BCUT2D eigenvalue weighted by molar-refractivity contribution is -0.0116. The summed E-state index contributed by atoms with van der Waals surface area (Å²) >= 11 is 3.43. The fourth-order valence-electron chi connectivity index (χ4n) is 2.89. The van der Waals surface area contributed by atoms with Crippen LogP contribution in [-0.4, -0.2) is 27.4 Å². The fourth-order valence-corrected chi connectivity index (χ4v) is 3.78. The van der Waals surface area contributed by atoms with Gasteiger partial charge in [0.15, 0.2) is 0 Å². The topological polar surface area (TPSA) is 52.6 Å². The molecule has 0 aliphatic carbocycles. The van der Waals surface area contributed by atoms with Gasteiger partial charge in [0.2, 0.25) is 0 Å². The van der Waals surface area contributed by atoms with Gasteiger partial charge in [0, 0.05) is 10.9 Å². The number of rotatable bonds is 4. The second kappa shape index (κ2) is 7.83. The van der Waals surface area contributed by atoms with Crippen molar-refractivity contribution in [2.24, 2.45) is 0 Å². The predicted molar refractivity (Wildman–Crippen MR) is 102 cm³/mol. The zero-order valence-corrected chi connectivity index (χ0v) is 16.2. The van der Waals surface area contributed by atoms with E-state index in [-0.39, 0.29) is 12.7 Å².